The van der Waals surface area contributed by atoms with Crippen molar-refractivity contribution in [2.45, 2.75) is 44.2 Å². The van der Waals surface area contributed by atoms with E-state index in [1.165, 1.54) is 12.1 Å². The van der Waals surface area contributed by atoms with Crippen LogP contribution in [-0.4, -0.2) is 19.6 Å². The summed E-state index contributed by atoms with van der Waals surface area (Å²) in [5.74, 6) is 0.604. The predicted octanol–water partition coefficient (Wildman–Crippen LogP) is 4.48. The summed E-state index contributed by atoms with van der Waals surface area (Å²) < 4.78 is 49.3. The van der Waals surface area contributed by atoms with E-state index in [0.717, 1.165) is 18.4 Å². The number of aromatic nitrogens is 1. The van der Waals surface area contributed by atoms with Crippen LogP contribution in [0.25, 0.3) is 16.7 Å². The van der Waals surface area contributed by atoms with E-state index >= 15 is 0 Å². The fourth-order valence-electron chi connectivity index (χ4n) is 2.82. The van der Waals surface area contributed by atoms with Crippen molar-refractivity contribution >= 4 is 26.8 Å². The lowest BCUT2D eigenvalue weighted by molar-refractivity contribution is 0.270. The molecule has 2 aromatic carbocycles. The molecule has 1 heterocycles. The van der Waals surface area contributed by atoms with Crippen LogP contribution in [0.3, 0.4) is 0 Å². The van der Waals surface area contributed by atoms with Crippen LogP contribution in [0.5, 0.6) is 0 Å². The van der Waals surface area contributed by atoms with Crippen molar-refractivity contribution in [3.8, 4) is 0 Å². The molecule has 0 aliphatic heterocycles. The van der Waals surface area contributed by atoms with Crippen molar-refractivity contribution in [3.63, 3.8) is 0 Å². The minimum atomic E-state index is -4.16. The summed E-state index contributed by atoms with van der Waals surface area (Å²) in [7, 11) is -4.16. The van der Waals surface area contributed by atoms with Gasteiger partial charge in [0.25, 0.3) is 10.1 Å². The van der Waals surface area contributed by atoms with Gasteiger partial charge in [0.1, 0.15) is 5.52 Å². The molecule has 0 fully saturated rings. The van der Waals surface area contributed by atoms with Crippen molar-refractivity contribution < 1.29 is 21.4 Å². The van der Waals surface area contributed by atoms with E-state index in [1.807, 2.05) is 6.92 Å². The summed E-state index contributed by atoms with van der Waals surface area (Å²) in [6.07, 6.45) is 1.39. The molecule has 0 aliphatic carbocycles. The number of unbranched alkanes of at least 4 members (excludes halogenated alkanes) is 1. The number of aryl methyl sites for hydroxylation is 2. The second kappa shape index (κ2) is 8.86. The summed E-state index contributed by atoms with van der Waals surface area (Å²) >= 11 is 0. The number of hydrogen-bond acceptors (Lipinski definition) is 6. The Kier molecular flexibility index (Phi) is 6.46. The third-order valence-electron chi connectivity index (χ3n) is 4.47. The predicted molar refractivity (Wildman–Crippen MR) is 109 cm³/mol. The molecule has 2 N–H and O–H groups in total. The Labute approximate surface area is 169 Å². The van der Waals surface area contributed by atoms with Gasteiger partial charge in [0.15, 0.2) is 17.7 Å². The van der Waals surface area contributed by atoms with Crippen LogP contribution in [0.4, 0.5) is 4.39 Å². The fraction of sp³-hybridized carbons (Fsp3) is 0.286. The zero-order valence-corrected chi connectivity index (χ0v) is 17.1. The lowest BCUT2D eigenvalue weighted by atomic mass is 10.1. The minimum Gasteiger partial charge on any atom is -0.441 e. The number of halogens is 1. The third-order valence-corrected chi connectivity index (χ3v) is 5.78. The van der Waals surface area contributed by atoms with Crippen molar-refractivity contribution in [2.75, 3.05) is 0 Å². The highest BCUT2D eigenvalue weighted by molar-refractivity contribution is 7.86. The average Bonchev–Trinajstić information content (AvgIpc) is 3.09. The molecule has 6 nitrogen and oxygen atoms in total. The average molecular weight is 418 g/mol. The molecule has 3 rings (SSSR count). The molecular weight excluding hydrogens is 395 g/mol. The molecule has 0 bridgehead atoms. The van der Waals surface area contributed by atoms with Crippen LogP contribution < -0.4 is 5.73 Å². The summed E-state index contributed by atoms with van der Waals surface area (Å²) in [6.45, 7) is 3.91. The van der Waals surface area contributed by atoms with Crippen molar-refractivity contribution in [1.82, 2.24) is 4.98 Å². The molecule has 0 spiro atoms. The standard InChI is InChI=1S/C21H23FN2O4S/c1-3-4-5-20-24-18-11-8-15(12-19(18)27-20)17(13-22)21(23)28-29(25,26)16-9-6-14(2)7-10-16/h6-13,21H,3-5,23H2,1-2H3. The number of rotatable bonds is 8. The smallest absolute Gasteiger partial charge is 0.298 e. The summed E-state index contributed by atoms with van der Waals surface area (Å²) in [5, 5.41) is 0. The minimum absolute atomic E-state index is 0.0528. The molecule has 0 radical (unpaired) electrons. The number of oxazole rings is 1. The monoisotopic (exact) mass is 418 g/mol. The highest BCUT2D eigenvalue weighted by Gasteiger charge is 2.23. The van der Waals surface area contributed by atoms with Gasteiger partial charge in [0.2, 0.25) is 0 Å². The van der Waals surface area contributed by atoms with Gasteiger partial charge in [-0.3, -0.25) is 0 Å². The largest absolute Gasteiger partial charge is 0.441 e. The number of fused-ring (bicyclic) bond motifs is 1. The maximum atomic E-state index is 13.6. The first-order valence-electron chi connectivity index (χ1n) is 9.29. The van der Waals surface area contributed by atoms with Gasteiger partial charge in [-0.2, -0.15) is 8.42 Å². The van der Waals surface area contributed by atoms with E-state index in [1.54, 1.807) is 30.3 Å². The number of nitrogens with two attached hydrogens (primary N) is 1. The van der Waals surface area contributed by atoms with Crippen molar-refractivity contribution in [1.29, 1.82) is 0 Å². The van der Waals surface area contributed by atoms with Gasteiger partial charge in [-0.25, -0.2) is 13.6 Å². The second-order valence-corrected chi connectivity index (χ2v) is 8.31. The van der Waals surface area contributed by atoms with Crippen molar-refractivity contribution in [3.05, 3.63) is 65.8 Å². The van der Waals surface area contributed by atoms with Crippen molar-refractivity contribution in [2.24, 2.45) is 5.73 Å². The lowest BCUT2D eigenvalue weighted by Crippen LogP contribution is -2.28. The molecule has 154 valence electrons. The Hall–Kier alpha value is -2.55. The number of hydrogen-bond donors (Lipinski definition) is 1. The topological polar surface area (TPSA) is 95.4 Å². The van der Waals surface area contributed by atoms with Crippen LogP contribution in [0.1, 0.15) is 36.8 Å². The van der Waals surface area contributed by atoms with Crippen LogP contribution in [-0.2, 0) is 20.7 Å². The lowest BCUT2D eigenvalue weighted by Gasteiger charge is -2.16. The van der Waals surface area contributed by atoms with Crippen LogP contribution in [0.15, 0.2) is 58.1 Å². The Bertz CT molecular complexity index is 1120. The highest BCUT2D eigenvalue weighted by atomic mass is 32.2. The molecule has 0 saturated carbocycles. The first kappa shape index (κ1) is 21.2. The Balaban J connectivity index is 1.83. The maximum Gasteiger partial charge on any atom is 0.298 e. The molecule has 8 heteroatoms. The molecule has 1 atom stereocenters. The van der Waals surface area contributed by atoms with Crippen LogP contribution >= 0.6 is 0 Å². The van der Waals surface area contributed by atoms with Crippen LogP contribution in [0, 0.1) is 6.92 Å². The molecule has 29 heavy (non-hydrogen) atoms. The zero-order chi connectivity index (χ0) is 21.0. The molecule has 0 saturated heterocycles. The SMILES string of the molecule is CCCCc1nc2ccc(C(=CF)C(N)OS(=O)(=O)c3ccc(C)cc3)cc2o1. The maximum absolute atomic E-state index is 13.6. The molecule has 1 aromatic heterocycles. The van der Waals surface area contributed by atoms with E-state index < -0.39 is 16.3 Å². The number of benzene rings is 2. The van der Waals surface area contributed by atoms with E-state index in [0.29, 0.717) is 29.0 Å². The van der Waals surface area contributed by atoms with Gasteiger partial charge in [0.05, 0.1) is 11.2 Å². The zero-order valence-electron chi connectivity index (χ0n) is 16.3. The van der Waals surface area contributed by atoms with Gasteiger partial charge < -0.3 is 10.2 Å². The molecular formula is C21H23FN2O4S. The second-order valence-electron chi connectivity index (χ2n) is 6.74. The van der Waals surface area contributed by atoms with E-state index in [9.17, 15) is 12.8 Å². The first-order valence-corrected chi connectivity index (χ1v) is 10.7. The third kappa shape index (κ3) is 4.90. The molecule has 3 aromatic rings. The molecule has 0 aliphatic rings. The molecule has 0 amide bonds. The highest BCUT2D eigenvalue weighted by Crippen LogP contribution is 2.26. The van der Waals surface area contributed by atoms with E-state index in [4.69, 9.17) is 14.3 Å². The van der Waals surface area contributed by atoms with E-state index in [2.05, 4.69) is 11.9 Å². The normalized spacial score (nSPS) is 13.7. The molecule has 1 unspecified atom stereocenters. The van der Waals surface area contributed by atoms with Crippen LogP contribution in [0.2, 0.25) is 0 Å². The summed E-state index contributed by atoms with van der Waals surface area (Å²) in [5.41, 5.74) is 8.12. The van der Waals surface area contributed by atoms with Gasteiger partial charge in [-0.1, -0.05) is 37.1 Å². The summed E-state index contributed by atoms with van der Waals surface area (Å²) in [4.78, 5) is 4.34. The summed E-state index contributed by atoms with van der Waals surface area (Å²) in [6, 6.07) is 11.0. The Morgan fingerprint density at radius 1 is 1.28 bits per heavy atom. The fourth-order valence-corrected chi connectivity index (χ4v) is 3.78. The quantitative estimate of drug-likeness (QED) is 0.428. The Morgan fingerprint density at radius 2 is 2.00 bits per heavy atom. The number of nitrogens with zero attached hydrogens (tertiary/aromatic N) is 1. The Morgan fingerprint density at radius 3 is 2.66 bits per heavy atom. The van der Waals surface area contributed by atoms with E-state index in [-0.39, 0.29) is 16.8 Å². The van der Waals surface area contributed by atoms with Gasteiger partial charge >= 0.3 is 0 Å². The van der Waals surface area contributed by atoms with Gasteiger partial charge in [-0.15, -0.1) is 0 Å². The van der Waals surface area contributed by atoms with Gasteiger partial charge in [0, 0.05) is 12.0 Å². The van der Waals surface area contributed by atoms with Gasteiger partial charge in [-0.05, 0) is 43.2 Å². The first-order chi connectivity index (χ1) is 13.8.